The van der Waals surface area contributed by atoms with Gasteiger partial charge in [-0.1, -0.05) is 13.8 Å². The van der Waals surface area contributed by atoms with Crippen molar-refractivity contribution in [3.8, 4) is 5.75 Å². The van der Waals surface area contributed by atoms with E-state index in [1.54, 1.807) is 13.8 Å². The molecule has 0 fully saturated rings. The second kappa shape index (κ2) is 4.56. The lowest BCUT2D eigenvalue weighted by atomic mass is 9.84. The van der Waals surface area contributed by atoms with Crippen LogP contribution in [0, 0.1) is 0 Å². The highest BCUT2D eigenvalue weighted by Gasteiger charge is 2.33. The molecule has 0 aromatic heterocycles. The largest absolute Gasteiger partial charge is 0.497 e. The van der Waals surface area contributed by atoms with Gasteiger partial charge in [-0.15, -0.1) is 0 Å². The van der Waals surface area contributed by atoms with Gasteiger partial charge >= 0.3 is 6.18 Å². The summed E-state index contributed by atoms with van der Waals surface area (Å²) in [6.45, 7) is 3.10. The van der Waals surface area contributed by atoms with Crippen LogP contribution in [0.15, 0.2) is 18.2 Å². The van der Waals surface area contributed by atoms with E-state index < -0.39 is 17.2 Å². The van der Waals surface area contributed by atoms with Crippen LogP contribution in [0.3, 0.4) is 0 Å². The smallest absolute Gasteiger partial charge is 0.416 e. The van der Waals surface area contributed by atoms with Gasteiger partial charge in [0.15, 0.2) is 0 Å². The van der Waals surface area contributed by atoms with E-state index >= 15 is 0 Å². The Hall–Kier alpha value is -1.23. The Bertz CT molecular complexity index is 397. The van der Waals surface area contributed by atoms with E-state index in [-0.39, 0.29) is 12.4 Å². The summed E-state index contributed by atoms with van der Waals surface area (Å²) < 4.78 is 42.8. The van der Waals surface area contributed by atoms with Crippen LogP contribution < -0.4 is 4.74 Å². The highest BCUT2D eigenvalue weighted by Crippen LogP contribution is 2.35. The average Bonchev–Trinajstić information content (AvgIpc) is 2.27. The van der Waals surface area contributed by atoms with Gasteiger partial charge in [0.2, 0.25) is 0 Å². The van der Waals surface area contributed by atoms with Gasteiger partial charge < -0.3 is 9.84 Å². The van der Waals surface area contributed by atoms with E-state index in [1.165, 1.54) is 13.2 Å². The third-order valence-electron chi connectivity index (χ3n) is 2.65. The molecule has 17 heavy (non-hydrogen) atoms. The Morgan fingerprint density at radius 1 is 1.12 bits per heavy atom. The summed E-state index contributed by atoms with van der Waals surface area (Å²) in [5.41, 5.74) is -1.12. The second-order valence-corrected chi connectivity index (χ2v) is 4.49. The lowest BCUT2D eigenvalue weighted by molar-refractivity contribution is -0.137. The van der Waals surface area contributed by atoms with Crippen molar-refractivity contribution in [2.75, 3.05) is 13.7 Å². The van der Waals surface area contributed by atoms with Crippen LogP contribution in [0.25, 0.3) is 0 Å². The molecular formula is C12H15F3O2. The Kier molecular flexibility index (Phi) is 3.71. The minimum Gasteiger partial charge on any atom is -0.497 e. The molecule has 0 spiro atoms. The van der Waals surface area contributed by atoms with Crippen LogP contribution in [0.5, 0.6) is 5.75 Å². The lowest BCUT2D eigenvalue weighted by Gasteiger charge is -2.24. The molecule has 0 aliphatic carbocycles. The molecule has 0 heterocycles. The van der Waals surface area contributed by atoms with Crippen molar-refractivity contribution in [3.05, 3.63) is 29.3 Å². The van der Waals surface area contributed by atoms with E-state index in [9.17, 15) is 18.3 Å². The fraction of sp³-hybridized carbons (Fsp3) is 0.500. The van der Waals surface area contributed by atoms with Gasteiger partial charge in [0.25, 0.3) is 0 Å². The van der Waals surface area contributed by atoms with E-state index in [4.69, 9.17) is 4.74 Å². The number of aliphatic hydroxyl groups excluding tert-OH is 1. The maximum atomic E-state index is 12.7. The van der Waals surface area contributed by atoms with E-state index in [1.807, 2.05) is 0 Å². The minimum atomic E-state index is -4.42. The molecule has 0 saturated carbocycles. The standard InChI is InChI=1S/C12H15F3O2/c1-11(2,7-16)8-4-9(12(13,14)15)6-10(5-8)17-3/h4-6,16H,7H2,1-3H3. The number of hydrogen-bond acceptors (Lipinski definition) is 2. The summed E-state index contributed by atoms with van der Waals surface area (Å²) >= 11 is 0. The summed E-state index contributed by atoms with van der Waals surface area (Å²) in [6, 6.07) is 3.49. The molecule has 1 aromatic rings. The molecule has 0 atom stereocenters. The first-order chi connectivity index (χ1) is 7.70. The highest BCUT2D eigenvalue weighted by molar-refractivity contribution is 5.39. The summed E-state index contributed by atoms with van der Waals surface area (Å²) in [4.78, 5) is 0. The normalized spacial score (nSPS) is 12.6. The molecule has 0 amide bonds. The third kappa shape index (κ3) is 3.12. The average molecular weight is 248 g/mol. The van der Waals surface area contributed by atoms with Crippen molar-refractivity contribution in [3.63, 3.8) is 0 Å². The zero-order valence-corrected chi connectivity index (χ0v) is 9.93. The van der Waals surface area contributed by atoms with Crippen molar-refractivity contribution in [2.24, 2.45) is 0 Å². The fourth-order valence-electron chi connectivity index (χ4n) is 1.36. The van der Waals surface area contributed by atoms with Gasteiger partial charge in [-0.2, -0.15) is 13.2 Å². The first kappa shape index (κ1) is 13.8. The Morgan fingerprint density at radius 3 is 2.06 bits per heavy atom. The van der Waals surface area contributed by atoms with E-state index in [0.29, 0.717) is 5.56 Å². The molecule has 0 radical (unpaired) electrons. The Morgan fingerprint density at radius 2 is 1.65 bits per heavy atom. The van der Waals surface area contributed by atoms with Crippen molar-refractivity contribution in [1.29, 1.82) is 0 Å². The molecule has 0 saturated heterocycles. The van der Waals surface area contributed by atoms with Crippen LogP contribution in [0.1, 0.15) is 25.0 Å². The SMILES string of the molecule is COc1cc(C(F)(F)F)cc(C(C)(C)CO)c1. The van der Waals surface area contributed by atoms with Crippen LogP contribution in [0.2, 0.25) is 0 Å². The zero-order chi connectivity index (χ0) is 13.3. The van der Waals surface area contributed by atoms with Gasteiger partial charge in [-0.25, -0.2) is 0 Å². The molecule has 0 aliphatic rings. The first-order valence-electron chi connectivity index (χ1n) is 5.08. The quantitative estimate of drug-likeness (QED) is 0.891. The molecule has 0 bridgehead atoms. The van der Waals surface area contributed by atoms with Crippen molar-refractivity contribution < 1.29 is 23.0 Å². The van der Waals surface area contributed by atoms with Crippen LogP contribution >= 0.6 is 0 Å². The number of aliphatic hydroxyl groups is 1. The summed E-state index contributed by atoms with van der Waals surface area (Å²) in [5.74, 6) is 0.136. The maximum Gasteiger partial charge on any atom is 0.416 e. The van der Waals surface area contributed by atoms with Gasteiger partial charge in [-0.05, 0) is 23.8 Å². The number of alkyl halides is 3. The summed E-state index contributed by atoms with van der Waals surface area (Å²) in [6.07, 6.45) is -4.42. The number of hydrogen-bond donors (Lipinski definition) is 1. The van der Waals surface area contributed by atoms with Crippen molar-refractivity contribution >= 4 is 0 Å². The van der Waals surface area contributed by atoms with Gasteiger partial charge in [0.1, 0.15) is 5.75 Å². The maximum absolute atomic E-state index is 12.7. The zero-order valence-electron chi connectivity index (χ0n) is 9.93. The predicted molar refractivity (Wildman–Crippen MR) is 58.1 cm³/mol. The number of benzene rings is 1. The molecule has 1 N–H and O–H groups in total. The number of halogens is 3. The minimum absolute atomic E-state index is 0.136. The van der Waals surface area contributed by atoms with Crippen molar-refractivity contribution in [1.82, 2.24) is 0 Å². The van der Waals surface area contributed by atoms with E-state index in [2.05, 4.69) is 0 Å². The molecule has 5 heteroatoms. The lowest BCUT2D eigenvalue weighted by Crippen LogP contribution is -2.23. The third-order valence-corrected chi connectivity index (χ3v) is 2.65. The van der Waals surface area contributed by atoms with Crippen LogP contribution in [-0.4, -0.2) is 18.8 Å². The van der Waals surface area contributed by atoms with E-state index in [0.717, 1.165) is 12.1 Å². The highest BCUT2D eigenvalue weighted by atomic mass is 19.4. The molecule has 1 aromatic carbocycles. The van der Waals surface area contributed by atoms with Crippen LogP contribution in [0.4, 0.5) is 13.2 Å². The molecule has 0 aliphatic heterocycles. The Balaban J connectivity index is 3.34. The number of ether oxygens (including phenoxy) is 1. The second-order valence-electron chi connectivity index (χ2n) is 4.49. The van der Waals surface area contributed by atoms with Gasteiger partial charge in [0.05, 0.1) is 19.3 Å². The topological polar surface area (TPSA) is 29.5 Å². The number of rotatable bonds is 3. The Labute approximate surface area is 98.0 Å². The molecular weight excluding hydrogens is 233 g/mol. The van der Waals surface area contributed by atoms with Crippen molar-refractivity contribution in [2.45, 2.75) is 25.4 Å². The fourth-order valence-corrected chi connectivity index (χ4v) is 1.36. The summed E-state index contributed by atoms with van der Waals surface area (Å²) in [5, 5.41) is 9.18. The summed E-state index contributed by atoms with van der Waals surface area (Å²) in [7, 11) is 1.31. The number of methoxy groups -OCH3 is 1. The monoisotopic (exact) mass is 248 g/mol. The first-order valence-corrected chi connectivity index (χ1v) is 5.08. The molecule has 1 rings (SSSR count). The molecule has 0 unspecified atom stereocenters. The molecule has 2 nitrogen and oxygen atoms in total. The van der Waals surface area contributed by atoms with Gasteiger partial charge in [-0.3, -0.25) is 0 Å². The van der Waals surface area contributed by atoms with Gasteiger partial charge in [0, 0.05) is 5.41 Å². The predicted octanol–water partition coefficient (Wildman–Crippen LogP) is 2.98. The molecule has 96 valence electrons. The van der Waals surface area contributed by atoms with Crippen LogP contribution in [-0.2, 0) is 11.6 Å².